The number of carbonyl (C=O) groups excluding carboxylic acids is 1. The summed E-state index contributed by atoms with van der Waals surface area (Å²) in [5.41, 5.74) is 3.15. The van der Waals surface area contributed by atoms with Gasteiger partial charge in [-0.3, -0.25) is 9.10 Å². The molecule has 8 heteroatoms. The van der Waals surface area contributed by atoms with Gasteiger partial charge in [-0.1, -0.05) is 54.1 Å². The minimum Gasteiger partial charge on any atom is -0.339 e. The first-order valence-electron chi connectivity index (χ1n) is 12.5. The van der Waals surface area contributed by atoms with Gasteiger partial charge >= 0.3 is 0 Å². The molecule has 0 aromatic heterocycles. The van der Waals surface area contributed by atoms with Crippen LogP contribution in [0.15, 0.2) is 121 Å². The first-order valence-corrected chi connectivity index (χ1v) is 14.3. The smallest absolute Gasteiger partial charge is 0.264 e. The molecule has 0 spiro atoms. The SMILES string of the molecule is C=CCN(c1ccccc1)S(=O)(=O)c1ccc(Cl)c(C(=O)Nc2ccc(N(c3ccccc3)C(C)C)cc2)c1. The van der Waals surface area contributed by atoms with E-state index in [0.717, 1.165) is 11.4 Å². The Balaban J connectivity index is 1.58. The Hall–Kier alpha value is -4.07. The van der Waals surface area contributed by atoms with Gasteiger partial charge in [0.15, 0.2) is 0 Å². The Kier molecular flexibility index (Phi) is 8.74. The molecule has 0 saturated carbocycles. The van der Waals surface area contributed by atoms with Gasteiger partial charge < -0.3 is 10.2 Å². The standard InChI is InChI=1S/C31H30ClN3O3S/c1-4-21-34(25-11-7-5-8-12-25)39(37,38)28-19-20-30(32)29(22-28)31(36)33-24-15-17-27(18-16-24)35(23(2)3)26-13-9-6-10-14-26/h4-20,22-23H,1,21H2,2-3H3,(H,33,36). The molecule has 0 fully saturated rings. The molecule has 39 heavy (non-hydrogen) atoms. The van der Waals surface area contributed by atoms with Gasteiger partial charge in [0.05, 0.1) is 27.7 Å². The fraction of sp³-hybridized carbons (Fsp3) is 0.129. The van der Waals surface area contributed by atoms with Gasteiger partial charge in [-0.2, -0.15) is 0 Å². The van der Waals surface area contributed by atoms with Gasteiger partial charge in [0.25, 0.3) is 15.9 Å². The van der Waals surface area contributed by atoms with Crippen LogP contribution in [0.5, 0.6) is 0 Å². The molecule has 0 heterocycles. The zero-order valence-corrected chi connectivity index (χ0v) is 23.4. The molecule has 1 amide bonds. The van der Waals surface area contributed by atoms with Crippen LogP contribution in [-0.4, -0.2) is 26.9 Å². The van der Waals surface area contributed by atoms with Crippen molar-refractivity contribution in [3.63, 3.8) is 0 Å². The van der Waals surface area contributed by atoms with Gasteiger partial charge in [0.2, 0.25) is 0 Å². The summed E-state index contributed by atoms with van der Waals surface area (Å²) in [7, 11) is -3.99. The number of amides is 1. The van der Waals surface area contributed by atoms with Crippen molar-refractivity contribution in [3.8, 4) is 0 Å². The van der Waals surface area contributed by atoms with Crippen LogP contribution in [0.25, 0.3) is 0 Å². The third kappa shape index (κ3) is 6.33. The fourth-order valence-corrected chi connectivity index (χ4v) is 5.92. The topological polar surface area (TPSA) is 69.7 Å². The van der Waals surface area contributed by atoms with Crippen LogP contribution in [0, 0.1) is 0 Å². The number of sulfonamides is 1. The second kappa shape index (κ2) is 12.2. The van der Waals surface area contributed by atoms with Crippen molar-refractivity contribution in [1.29, 1.82) is 0 Å². The largest absolute Gasteiger partial charge is 0.339 e. The lowest BCUT2D eigenvalue weighted by atomic mass is 10.1. The summed E-state index contributed by atoms with van der Waals surface area (Å²) >= 11 is 6.34. The van der Waals surface area contributed by atoms with Crippen molar-refractivity contribution >= 4 is 50.3 Å². The predicted octanol–water partition coefficient (Wildman–Crippen LogP) is 7.52. The lowest BCUT2D eigenvalue weighted by molar-refractivity contribution is 0.102. The summed E-state index contributed by atoms with van der Waals surface area (Å²) in [6, 6.07) is 30.6. The lowest BCUT2D eigenvalue weighted by Crippen LogP contribution is -2.31. The summed E-state index contributed by atoms with van der Waals surface area (Å²) in [5, 5.41) is 2.98. The molecule has 4 aromatic rings. The Bertz CT molecular complexity index is 1540. The zero-order chi connectivity index (χ0) is 28.0. The fourth-order valence-electron chi connectivity index (χ4n) is 4.26. The number of rotatable bonds is 10. The lowest BCUT2D eigenvalue weighted by Gasteiger charge is -2.29. The highest BCUT2D eigenvalue weighted by Gasteiger charge is 2.26. The maximum atomic E-state index is 13.5. The quantitative estimate of drug-likeness (QED) is 0.204. The monoisotopic (exact) mass is 559 g/mol. The average molecular weight is 560 g/mol. The average Bonchev–Trinajstić information content (AvgIpc) is 2.93. The summed E-state index contributed by atoms with van der Waals surface area (Å²) < 4.78 is 28.3. The van der Waals surface area contributed by atoms with Crippen molar-refractivity contribution < 1.29 is 13.2 Å². The molecule has 1 N–H and O–H groups in total. The van der Waals surface area contributed by atoms with Gasteiger partial charge in [-0.05, 0) is 80.6 Å². The van der Waals surface area contributed by atoms with E-state index in [1.54, 1.807) is 36.4 Å². The molecule has 0 atom stereocenters. The predicted molar refractivity (Wildman–Crippen MR) is 161 cm³/mol. The van der Waals surface area contributed by atoms with Gasteiger partial charge in [0, 0.05) is 23.1 Å². The highest BCUT2D eigenvalue weighted by atomic mass is 35.5. The second-order valence-corrected chi connectivity index (χ2v) is 11.4. The maximum absolute atomic E-state index is 13.5. The highest BCUT2D eigenvalue weighted by molar-refractivity contribution is 7.92. The molecule has 0 aliphatic rings. The third-order valence-electron chi connectivity index (χ3n) is 6.06. The van der Waals surface area contributed by atoms with E-state index in [0.29, 0.717) is 11.4 Å². The van der Waals surface area contributed by atoms with Crippen LogP contribution in [0.1, 0.15) is 24.2 Å². The Labute approximate surface area is 235 Å². The summed E-state index contributed by atoms with van der Waals surface area (Å²) in [5.74, 6) is -0.511. The Morgan fingerprint density at radius 2 is 1.44 bits per heavy atom. The van der Waals surface area contributed by atoms with E-state index >= 15 is 0 Å². The molecule has 0 saturated heterocycles. The minimum atomic E-state index is -3.99. The van der Waals surface area contributed by atoms with Crippen molar-refractivity contribution in [2.24, 2.45) is 0 Å². The number of carbonyl (C=O) groups is 1. The minimum absolute atomic E-state index is 0.0477. The molecule has 0 unspecified atom stereocenters. The van der Waals surface area contributed by atoms with Gasteiger partial charge in [-0.25, -0.2) is 8.42 Å². The highest BCUT2D eigenvalue weighted by Crippen LogP contribution is 2.30. The molecule has 6 nitrogen and oxygen atoms in total. The maximum Gasteiger partial charge on any atom is 0.264 e. The molecule has 4 aromatic carbocycles. The number of hydrogen-bond donors (Lipinski definition) is 1. The number of para-hydroxylation sites is 2. The van der Waals surface area contributed by atoms with E-state index in [9.17, 15) is 13.2 Å². The normalized spacial score (nSPS) is 11.2. The van der Waals surface area contributed by atoms with E-state index in [-0.39, 0.29) is 28.1 Å². The summed E-state index contributed by atoms with van der Waals surface area (Å²) in [4.78, 5) is 15.3. The van der Waals surface area contributed by atoms with Crippen LogP contribution < -0.4 is 14.5 Å². The summed E-state index contributed by atoms with van der Waals surface area (Å²) in [6.45, 7) is 7.98. The number of halogens is 1. The number of nitrogens with one attached hydrogen (secondary N) is 1. The second-order valence-electron chi connectivity index (χ2n) is 9.10. The molecule has 0 aliphatic heterocycles. The van der Waals surface area contributed by atoms with Crippen molar-refractivity contribution in [3.05, 3.63) is 126 Å². The number of hydrogen-bond acceptors (Lipinski definition) is 4. The van der Waals surface area contributed by atoms with Crippen LogP contribution in [0.4, 0.5) is 22.7 Å². The number of anilines is 4. The first kappa shape index (κ1) is 28.0. The number of benzene rings is 4. The molecule has 0 bridgehead atoms. The van der Waals surface area contributed by atoms with Crippen LogP contribution in [-0.2, 0) is 10.0 Å². The molecular formula is C31H30ClN3O3S. The van der Waals surface area contributed by atoms with Crippen molar-refractivity contribution in [2.75, 3.05) is 21.1 Å². The van der Waals surface area contributed by atoms with E-state index in [4.69, 9.17) is 11.6 Å². The Morgan fingerprint density at radius 3 is 2.00 bits per heavy atom. The van der Waals surface area contributed by atoms with E-state index < -0.39 is 15.9 Å². The van der Waals surface area contributed by atoms with E-state index in [1.807, 2.05) is 48.5 Å². The van der Waals surface area contributed by atoms with Crippen LogP contribution in [0.3, 0.4) is 0 Å². The third-order valence-corrected chi connectivity index (χ3v) is 8.18. The zero-order valence-electron chi connectivity index (χ0n) is 21.8. The van der Waals surface area contributed by atoms with Crippen molar-refractivity contribution in [2.45, 2.75) is 24.8 Å². The molecule has 0 radical (unpaired) electrons. The molecule has 4 rings (SSSR count). The van der Waals surface area contributed by atoms with Gasteiger partial charge in [-0.15, -0.1) is 6.58 Å². The van der Waals surface area contributed by atoms with Gasteiger partial charge in [0.1, 0.15) is 0 Å². The summed E-state index contributed by atoms with van der Waals surface area (Å²) in [6.07, 6.45) is 1.51. The molecule has 200 valence electrons. The van der Waals surface area contributed by atoms with Crippen molar-refractivity contribution in [1.82, 2.24) is 0 Å². The van der Waals surface area contributed by atoms with E-state index in [1.165, 1.54) is 28.6 Å². The molecular weight excluding hydrogens is 530 g/mol. The first-order chi connectivity index (χ1) is 18.7. The Morgan fingerprint density at radius 1 is 0.872 bits per heavy atom. The van der Waals surface area contributed by atoms with E-state index in [2.05, 4.69) is 30.6 Å². The molecule has 0 aliphatic carbocycles. The number of nitrogens with zero attached hydrogens (tertiary/aromatic N) is 2. The van der Waals surface area contributed by atoms with Crippen LogP contribution >= 0.6 is 11.6 Å². The van der Waals surface area contributed by atoms with Crippen LogP contribution in [0.2, 0.25) is 5.02 Å².